The van der Waals surface area contributed by atoms with Crippen LogP contribution >= 0.6 is 35.4 Å². The van der Waals surface area contributed by atoms with Gasteiger partial charge in [0.25, 0.3) is 0 Å². The van der Waals surface area contributed by atoms with Gasteiger partial charge in [-0.15, -0.1) is 0 Å². The molecule has 2 N–H and O–H groups in total. The van der Waals surface area contributed by atoms with Crippen LogP contribution in [0.15, 0.2) is 42.5 Å². The molecule has 0 aliphatic rings. The number of nitrogens with one attached hydrogen (secondary N) is 2. The number of hydrogen-bond donors (Lipinski definition) is 2. The molecule has 0 fully saturated rings. The number of carbonyl (C=O) groups is 1. The van der Waals surface area contributed by atoms with Crippen LogP contribution in [-0.2, 0) is 4.79 Å². The lowest BCUT2D eigenvalue weighted by Crippen LogP contribution is -2.34. The van der Waals surface area contributed by atoms with E-state index in [0.29, 0.717) is 35.4 Å². The first-order valence-corrected chi connectivity index (χ1v) is 12.1. The van der Waals surface area contributed by atoms with Crippen molar-refractivity contribution in [2.24, 2.45) is 0 Å². The van der Waals surface area contributed by atoms with E-state index in [-0.39, 0.29) is 17.4 Å². The summed E-state index contributed by atoms with van der Waals surface area (Å²) in [6.07, 6.45) is 6.77. The zero-order valence-corrected chi connectivity index (χ0v) is 20.6. The van der Waals surface area contributed by atoms with Gasteiger partial charge in [0.1, 0.15) is 11.5 Å². The zero-order valence-electron chi connectivity index (χ0n) is 18.3. The molecule has 0 atom stereocenters. The van der Waals surface area contributed by atoms with E-state index in [1.54, 1.807) is 18.2 Å². The molecule has 2 aromatic rings. The number of benzene rings is 2. The van der Waals surface area contributed by atoms with Gasteiger partial charge in [-0.05, 0) is 55.4 Å². The SMILES string of the molecule is CCCCCCCOc1cccc(NC(=S)NC(=O)CCCOc2ccc(Cl)cc2Cl)c1. The molecule has 5 nitrogen and oxygen atoms in total. The molecule has 0 saturated heterocycles. The molecule has 0 saturated carbocycles. The molecule has 0 spiro atoms. The third kappa shape index (κ3) is 10.5. The lowest BCUT2D eigenvalue weighted by molar-refractivity contribution is -0.119. The number of carbonyl (C=O) groups excluding carboxylic acids is 1. The molecule has 0 radical (unpaired) electrons. The van der Waals surface area contributed by atoms with E-state index < -0.39 is 0 Å². The van der Waals surface area contributed by atoms with E-state index in [2.05, 4.69) is 17.6 Å². The second-order valence-electron chi connectivity index (χ2n) is 7.32. The van der Waals surface area contributed by atoms with Crippen LogP contribution in [-0.4, -0.2) is 24.2 Å². The Morgan fingerprint density at radius 3 is 2.53 bits per heavy atom. The van der Waals surface area contributed by atoms with Gasteiger partial charge in [-0.2, -0.15) is 0 Å². The van der Waals surface area contributed by atoms with Gasteiger partial charge in [0, 0.05) is 23.2 Å². The maximum atomic E-state index is 12.1. The van der Waals surface area contributed by atoms with Gasteiger partial charge >= 0.3 is 0 Å². The molecule has 1 amide bonds. The summed E-state index contributed by atoms with van der Waals surface area (Å²) in [7, 11) is 0. The van der Waals surface area contributed by atoms with Gasteiger partial charge < -0.3 is 20.1 Å². The summed E-state index contributed by atoms with van der Waals surface area (Å²) in [5.74, 6) is 1.13. The number of amides is 1. The Morgan fingerprint density at radius 2 is 1.75 bits per heavy atom. The molecule has 2 rings (SSSR count). The van der Waals surface area contributed by atoms with E-state index in [1.807, 2.05) is 24.3 Å². The monoisotopic (exact) mass is 496 g/mol. The Hall–Kier alpha value is -2.02. The summed E-state index contributed by atoms with van der Waals surface area (Å²) in [6, 6.07) is 12.6. The molecular formula is C24H30Cl2N2O3S. The van der Waals surface area contributed by atoms with Crippen molar-refractivity contribution in [3.05, 3.63) is 52.5 Å². The van der Waals surface area contributed by atoms with Crippen molar-refractivity contribution in [3.63, 3.8) is 0 Å². The predicted octanol–water partition coefficient (Wildman–Crippen LogP) is 7.01. The van der Waals surface area contributed by atoms with Gasteiger partial charge in [0.05, 0.1) is 18.2 Å². The van der Waals surface area contributed by atoms with Crippen molar-refractivity contribution >= 4 is 52.1 Å². The third-order valence-corrected chi connectivity index (χ3v) is 5.30. The first-order chi connectivity index (χ1) is 15.5. The van der Waals surface area contributed by atoms with Crippen LogP contribution in [0.2, 0.25) is 10.0 Å². The Morgan fingerprint density at radius 1 is 0.969 bits per heavy atom. The van der Waals surface area contributed by atoms with E-state index in [0.717, 1.165) is 17.9 Å². The van der Waals surface area contributed by atoms with Crippen LogP contribution in [0.1, 0.15) is 51.9 Å². The maximum absolute atomic E-state index is 12.1. The van der Waals surface area contributed by atoms with Gasteiger partial charge in [0.2, 0.25) is 5.91 Å². The first-order valence-electron chi connectivity index (χ1n) is 10.9. The fourth-order valence-electron chi connectivity index (χ4n) is 2.92. The fraction of sp³-hybridized carbons (Fsp3) is 0.417. The summed E-state index contributed by atoms with van der Waals surface area (Å²) in [5.41, 5.74) is 0.763. The molecule has 0 unspecified atom stereocenters. The van der Waals surface area contributed by atoms with E-state index in [4.69, 9.17) is 44.9 Å². The van der Waals surface area contributed by atoms with E-state index >= 15 is 0 Å². The van der Waals surface area contributed by atoms with Crippen LogP contribution in [0.25, 0.3) is 0 Å². The molecule has 0 heterocycles. The number of hydrogen-bond acceptors (Lipinski definition) is 4. The molecule has 0 aliphatic heterocycles. The molecule has 8 heteroatoms. The fourth-order valence-corrected chi connectivity index (χ4v) is 3.61. The van der Waals surface area contributed by atoms with Gasteiger partial charge in [-0.1, -0.05) is 61.9 Å². The first kappa shape index (κ1) is 26.2. The number of halogens is 2. The summed E-state index contributed by atoms with van der Waals surface area (Å²) >= 11 is 17.2. The van der Waals surface area contributed by atoms with E-state index in [9.17, 15) is 4.79 Å². The van der Waals surface area contributed by atoms with Crippen molar-refractivity contribution in [2.45, 2.75) is 51.9 Å². The molecule has 0 bridgehead atoms. The Bertz CT molecular complexity index is 880. The molecule has 32 heavy (non-hydrogen) atoms. The van der Waals surface area contributed by atoms with Crippen LogP contribution in [0.4, 0.5) is 5.69 Å². The normalized spacial score (nSPS) is 10.5. The Balaban J connectivity index is 1.65. The molecule has 0 aliphatic carbocycles. The van der Waals surface area contributed by atoms with Crippen LogP contribution in [0.5, 0.6) is 11.5 Å². The van der Waals surface area contributed by atoms with Crippen molar-refractivity contribution in [1.29, 1.82) is 0 Å². The summed E-state index contributed by atoms with van der Waals surface area (Å²) < 4.78 is 11.4. The van der Waals surface area contributed by atoms with Crippen molar-refractivity contribution in [3.8, 4) is 11.5 Å². The quantitative estimate of drug-likeness (QED) is 0.230. The Labute approximate surface area is 205 Å². The average Bonchev–Trinajstić information content (AvgIpc) is 2.75. The standard InChI is InChI=1S/C24H30Cl2N2O3S/c1-2-3-4-5-6-14-30-20-10-7-9-19(17-20)27-24(32)28-23(29)11-8-15-31-22-13-12-18(25)16-21(22)26/h7,9-10,12-13,16-17H,2-6,8,11,14-15H2,1H3,(H2,27,28,29,32). The summed E-state index contributed by atoms with van der Waals surface area (Å²) in [4.78, 5) is 12.1. The smallest absolute Gasteiger partial charge is 0.226 e. The predicted molar refractivity (Wildman–Crippen MR) is 136 cm³/mol. The summed E-state index contributed by atoms with van der Waals surface area (Å²) in [6.45, 7) is 3.25. The maximum Gasteiger partial charge on any atom is 0.226 e. The van der Waals surface area contributed by atoms with Gasteiger partial charge in [-0.25, -0.2) is 0 Å². The minimum atomic E-state index is -0.187. The van der Waals surface area contributed by atoms with E-state index in [1.165, 1.54) is 25.7 Å². The van der Waals surface area contributed by atoms with Crippen LogP contribution in [0, 0.1) is 0 Å². The van der Waals surface area contributed by atoms with Crippen LogP contribution < -0.4 is 20.1 Å². The summed E-state index contributed by atoms with van der Waals surface area (Å²) in [5, 5.41) is 6.93. The highest BCUT2D eigenvalue weighted by atomic mass is 35.5. The second kappa shape index (κ2) is 14.9. The third-order valence-electron chi connectivity index (χ3n) is 4.56. The van der Waals surface area contributed by atoms with Gasteiger partial charge in [-0.3, -0.25) is 4.79 Å². The molecule has 2 aromatic carbocycles. The zero-order chi connectivity index (χ0) is 23.2. The number of rotatable bonds is 13. The molecule has 174 valence electrons. The van der Waals surface area contributed by atoms with Crippen molar-refractivity contribution in [2.75, 3.05) is 18.5 Å². The Kier molecular flexibility index (Phi) is 12.2. The molecular weight excluding hydrogens is 467 g/mol. The lowest BCUT2D eigenvalue weighted by Gasteiger charge is -2.12. The van der Waals surface area contributed by atoms with Gasteiger partial charge in [0.15, 0.2) is 5.11 Å². The number of thiocarbonyl (C=S) groups is 1. The van der Waals surface area contributed by atoms with Crippen LogP contribution in [0.3, 0.4) is 0 Å². The lowest BCUT2D eigenvalue weighted by atomic mass is 10.2. The topological polar surface area (TPSA) is 59.6 Å². The largest absolute Gasteiger partial charge is 0.494 e. The number of unbranched alkanes of at least 4 members (excludes halogenated alkanes) is 4. The average molecular weight is 497 g/mol. The highest BCUT2D eigenvalue weighted by Crippen LogP contribution is 2.27. The minimum Gasteiger partial charge on any atom is -0.494 e. The highest BCUT2D eigenvalue weighted by Gasteiger charge is 2.07. The number of ether oxygens (including phenoxy) is 2. The number of anilines is 1. The van der Waals surface area contributed by atoms with Crippen molar-refractivity contribution in [1.82, 2.24) is 5.32 Å². The minimum absolute atomic E-state index is 0.187. The van der Waals surface area contributed by atoms with Crippen molar-refractivity contribution < 1.29 is 14.3 Å². The second-order valence-corrected chi connectivity index (χ2v) is 8.57. The highest BCUT2D eigenvalue weighted by molar-refractivity contribution is 7.80. The molecule has 0 aromatic heterocycles.